The molecule has 0 radical (unpaired) electrons. The Kier molecular flexibility index (Phi) is 5.59. The van der Waals surface area contributed by atoms with Gasteiger partial charge in [0.05, 0.1) is 0 Å². The standard InChI is InChI=1S/C20H18INO2/c21-17-11-19(23-13-15-7-3-1-4-8-15)20(12-18(17)22)24-14-16-9-5-2-6-10-16/h1-12H,13-14,22H2. The number of nitrogens with two attached hydrogens (primary N) is 1. The molecule has 122 valence electrons. The Labute approximate surface area is 155 Å². The first kappa shape index (κ1) is 16.6. The summed E-state index contributed by atoms with van der Waals surface area (Å²) >= 11 is 2.20. The smallest absolute Gasteiger partial charge is 0.163 e. The first-order chi connectivity index (χ1) is 11.7. The van der Waals surface area contributed by atoms with Crippen LogP contribution in [0.15, 0.2) is 72.8 Å². The molecule has 0 aliphatic heterocycles. The van der Waals surface area contributed by atoms with E-state index in [1.807, 2.05) is 72.8 Å². The molecule has 0 spiro atoms. The van der Waals surface area contributed by atoms with E-state index >= 15 is 0 Å². The molecule has 3 nitrogen and oxygen atoms in total. The number of rotatable bonds is 6. The van der Waals surface area contributed by atoms with Crippen LogP contribution in [0.2, 0.25) is 0 Å². The molecule has 2 N–H and O–H groups in total. The minimum Gasteiger partial charge on any atom is -0.485 e. The summed E-state index contributed by atoms with van der Waals surface area (Å²) in [4.78, 5) is 0. The van der Waals surface area contributed by atoms with Crippen molar-refractivity contribution >= 4 is 28.3 Å². The van der Waals surface area contributed by atoms with Crippen molar-refractivity contribution in [3.8, 4) is 11.5 Å². The molecule has 3 aromatic rings. The lowest BCUT2D eigenvalue weighted by atomic mass is 10.2. The molecule has 0 amide bonds. The summed E-state index contributed by atoms with van der Waals surface area (Å²) in [5.74, 6) is 1.36. The topological polar surface area (TPSA) is 44.5 Å². The molecule has 0 heterocycles. The second kappa shape index (κ2) is 8.06. The van der Waals surface area contributed by atoms with Crippen molar-refractivity contribution in [2.24, 2.45) is 0 Å². The van der Waals surface area contributed by atoms with Gasteiger partial charge in [0.1, 0.15) is 13.2 Å². The van der Waals surface area contributed by atoms with Gasteiger partial charge in [-0.1, -0.05) is 60.7 Å². The monoisotopic (exact) mass is 431 g/mol. The van der Waals surface area contributed by atoms with E-state index < -0.39 is 0 Å². The zero-order valence-electron chi connectivity index (χ0n) is 13.1. The highest BCUT2D eigenvalue weighted by atomic mass is 127. The molecule has 3 rings (SSSR count). The molecule has 0 aliphatic carbocycles. The number of hydrogen-bond donors (Lipinski definition) is 1. The summed E-state index contributed by atoms with van der Waals surface area (Å²) in [6, 6.07) is 23.8. The van der Waals surface area contributed by atoms with E-state index in [0.717, 1.165) is 14.7 Å². The van der Waals surface area contributed by atoms with Crippen LogP contribution in [-0.2, 0) is 13.2 Å². The molecule has 0 fully saturated rings. The molecule has 24 heavy (non-hydrogen) atoms. The molecular formula is C20H18INO2. The van der Waals surface area contributed by atoms with Crippen molar-refractivity contribution in [1.82, 2.24) is 0 Å². The van der Waals surface area contributed by atoms with Gasteiger partial charge in [0.15, 0.2) is 11.5 Å². The van der Waals surface area contributed by atoms with E-state index in [2.05, 4.69) is 22.6 Å². The molecule has 3 aromatic carbocycles. The maximum Gasteiger partial charge on any atom is 0.163 e. The van der Waals surface area contributed by atoms with Crippen molar-refractivity contribution in [1.29, 1.82) is 0 Å². The maximum atomic E-state index is 6.02. The molecule has 4 heteroatoms. The Hall–Kier alpha value is -2.21. The Morgan fingerprint density at radius 2 is 1.17 bits per heavy atom. The van der Waals surface area contributed by atoms with Gasteiger partial charge in [-0.05, 0) is 39.8 Å². The molecule has 0 saturated carbocycles. The molecule has 0 atom stereocenters. The third-order valence-corrected chi connectivity index (χ3v) is 4.47. The van der Waals surface area contributed by atoms with Crippen LogP contribution in [0.5, 0.6) is 11.5 Å². The van der Waals surface area contributed by atoms with Crippen LogP contribution in [0.25, 0.3) is 0 Å². The van der Waals surface area contributed by atoms with Gasteiger partial charge in [-0.2, -0.15) is 0 Å². The van der Waals surface area contributed by atoms with Gasteiger partial charge in [-0.3, -0.25) is 0 Å². The third kappa shape index (κ3) is 4.41. The van der Waals surface area contributed by atoms with E-state index in [1.165, 1.54) is 0 Å². The average Bonchev–Trinajstić information content (AvgIpc) is 2.63. The predicted octanol–water partition coefficient (Wildman–Crippen LogP) is 5.03. The lowest BCUT2D eigenvalue weighted by Gasteiger charge is -2.15. The van der Waals surface area contributed by atoms with Crippen LogP contribution >= 0.6 is 22.6 Å². The first-order valence-corrected chi connectivity index (χ1v) is 8.73. The zero-order chi connectivity index (χ0) is 16.8. The minimum absolute atomic E-state index is 0.475. The van der Waals surface area contributed by atoms with Crippen molar-refractivity contribution in [3.05, 3.63) is 87.5 Å². The Morgan fingerprint density at radius 3 is 1.67 bits per heavy atom. The summed E-state index contributed by atoms with van der Waals surface area (Å²) in [7, 11) is 0. The van der Waals surface area contributed by atoms with Gasteiger partial charge in [-0.15, -0.1) is 0 Å². The fourth-order valence-corrected chi connectivity index (χ4v) is 2.69. The highest BCUT2D eigenvalue weighted by Gasteiger charge is 2.10. The molecule has 0 aromatic heterocycles. The molecule has 0 saturated heterocycles. The normalized spacial score (nSPS) is 10.4. The second-order valence-electron chi connectivity index (χ2n) is 5.37. The Morgan fingerprint density at radius 1 is 0.708 bits per heavy atom. The van der Waals surface area contributed by atoms with Crippen LogP contribution in [-0.4, -0.2) is 0 Å². The second-order valence-corrected chi connectivity index (χ2v) is 6.53. The lowest BCUT2D eigenvalue weighted by Crippen LogP contribution is -2.02. The average molecular weight is 431 g/mol. The van der Waals surface area contributed by atoms with E-state index in [1.54, 1.807) is 0 Å². The number of hydrogen-bond acceptors (Lipinski definition) is 3. The van der Waals surface area contributed by atoms with Gasteiger partial charge in [0, 0.05) is 15.3 Å². The molecule has 0 unspecified atom stereocenters. The SMILES string of the molecule is Nc1cc(OCc2ccccc2)c(OCc2ccccc2)cc1I. The van der Waals surface area contributed by atoms with E-state index in [-0.39, 0.29) is 0 Å². The molecule has 0 bridgehead atoms. The summed E-state index contributed by atoms with van der Waals surface area (Å²) in [5, 5.41) is 0. The van der Waals surface area contributed by atoms with Crippen LogP contribution in [0.1, 0.15) is 11.1 Å². The van der Waals surface area contributed by atoms with Gasteiger partial charge < -0.3 is 15.2 Å². The fraction of sp³-hybridized carbons (Fsp3) is 0.100. The van der Waals surface area contributed by atoms with Gasteiger partial charge >= 0.3 is 0 Å². The first-order valence-electron chi connectivity index (χ1n) is 7.65. The van der Waals surface area contributed by atoms with Gasteiger partial charge in [0.2, 0.25) is 0 Å². The van der Waals surface area contributed by atoms with Crippen molar-refractivity contribution in [3.63, 3.8) is 0 Å². The van der Waals surface area contributed by atoms with E-state index in [0.29, 0.717) is 30.4 Å². The number of anilines is 1. The quantitative estimate of drug-likeness (QED) is 0.440. The van der Waals surface area contributed by atoms with Gasteiger partial charge in [0.25, 0.3) is 0 Å². The summed E-state index contributed by atoms with van der Waals surface area (Å²) in [6.07, 6.45) is 0. The number of benzene rings is 3. The fourth-order valence-electron chi connectivity index (χ4n) is 2.25. The summed E-state index contributed by atoms with van der Waals surface area (Å²) in [6.45, 7) is 0.963. The molecule has 0 aliphatic rings. The van der Waals surface area contributed by atoms with Crippen LogP contribution in [0, 0.1) is 3.57 Å². The Balaban J connectivity index is 1.75. The van der Waals surface area contributed by atoms with Crippen molar-refractivity contribution < 1.29 is 9.47 Å². The minimum atomic E-state index is 0.475. The van der Waals surface area contributed by atoms with Crippen molar-refractivity contribution in [2.45, 2.75) is 13.2 Å². The van der Waals surface area contributed by atoms with Gasteiger partial charge in [-0.25, -0.2) is 0 Å². The number of ether oxygens (including phenoxy) is 2. The summed E-state index contributed by atoms with van der Waals surface area (Å²) < 4.78 is 12.8. The van der Waals surface area contributed by atoms with Crippen LogP contribution < -0.4 is 15.2 Å². The third-order valence-electron chi connectivity index (χ3n) is 3.54. The zero-order valence-corrected chi connectivity index (χ0v) is 15.3. The maximum absolute atomic E-state index is 6.02. The number of nitrogen functional groups attached to an aromatic ring is 1. The van der Waals surface area contributed by atoms with Crippen LogP contribution in [0.4, 0.5) is 5.69 Å². The predicted molar refractivity (Wildman–Crippen MR) is 105 cm³/mol. The highest BCUT2D eigenvalue weighted by Crippen LogP contribution is 2.34. The van der Waals surface area contributed by atoms with E-state index in [9.17, 15) is 0 Å². The highest BCUT2D eigenvalue weighted by molar-refractivity contribution is 14.1. The Bertz CT molecular complexity index is 723. The lowest BCUT2D eigenvalue weighted by molar-refractivity contribution is 0.256. The summed E-state index contributed by atoms with van der Waals surface area (Å²) in [5.41, 5.74) is 8.92. The number of halogens is 1. The van der Waals surface area contributed by atoms with E-state index in [4.69, 9.17) is 15.2 Å². The van der Waals surface area contributed by atoms with Crippen LogP contribution in [0.3, 0.4) is 0 Å². The van der Waals surface area contributed by atoms with Crippen molar-refractivity contribution in [2.75, 3.05) is 5.73 Å². The molecular weight excluding hydrogens is 413 g/mol. The largest absolute Gasteiger partial charge is 0.485 e.